The fraction of sp³-hybridized carbons (Fsp3) is 0.733. The van der Waals surface area contributed by atoms with Crippen LogP contribution in [-0.4, -0.2) is 102 Å². The summed E-state index contributed by atoms with van der Waals surface area (Å²) in [5.74, 6) is 0. The molecule has 19 nitrogen and oxygen atoms in total. The molecule has 0 bridgehead atoms. The fourth-order valence-corrected chi connectivity index (χ4v) is 5.42. The molecule has 0 amide bonds. The van der Waals surface area contributed by atoms with Gasteiger partial charge in [0.05, 0.1) is 13.2 Å². The fourth-order valence-electron chi connectivity index (χ4n) is 3.34. The minimum absolute atomic E-state index is 0. The molecule has 0 saturated carbocycles. The van der Waals surface area contributed by atoms with Gasteiger partial charge in [0, 0.05) is 12.3 Å². The Balaban J connectivity index is 0.00000361. The molecule has 2 aliphatic heterocycles. The quantitative estimate of drug-likeness (QED) is 0.101. The maximum Gasteiger partial charge on any atom is 1.00 e. The molecule has 0 aliphatic carbocycles. The SMILES string of the molecule is O=c1ccn([C@@H]2O[C@H](COP(=O)([O-])OP(=O)([O-])O[C@H]3O[C@H](CO)[C@H](O)[C@H](O)[C@H]3O)[C@@H](O)[C@H]2O)c(=O)[nH]1.[Na+].[Na+]. The third-order valence-corrected chi connectivity index (χ3v) is 7.67. The van der Waals surface area contributed by atoms with Crippen LogP contribution in [0, 0.1) is 0 Å². The van der Waals surface area contributed by atoms with Crippen molar-refractivity contribution in [1.29, 1.82) is 0 Å². The third kappa shape index (κ3) is 8.81. The van der Waals surface area contributed by atoms with Gasteiger partial charge in [0.1, 0.15) is 42.7 Å². The molecule has 3 heterocycles. The standard InChI is InChI=1S/C15H24N2O17P2.2Na/c18-3-5-8(20)10(22)12(24)14(32-5)33-36(28,29)34-35(26,27)30-4-6-9(21)11(23)13(31-6)17-2-1-7(19)16-15(17)25;;/h1-2,5-6,8-14,18,20-24H,3-4H2,(H,26,27)(H,28,29)(H,16,19,25);;/q;2*+1/p-2/t5-,6-,8+,9-,10+,11-,12-,13-,14-;;/m1../s1. The van der Waals surface area contributed by atoms with Crippen LogP contribution in [0.25, 0.3) is 0 Å². The third-order valence-electron chi connectivity index (χ3n) is 5.14. The summed E-state index contributed by atoms with van der Waals surface area (Å²) < 4.78 is 47.1. The summed E-state index contributed by atoms with van der Waals surface area (Å²) in [5, 5.41) is 58.4. The summed E-state index contributed by atoms with van der Waals surface area (Å²) in [6.07, 6.45) is -15.8. The van der Waals surface area contributed by atoms with Gasteiger partial charge in [0.25, 0.3) is 21.2 Å². The number of nitrogens with zero attached hydrogens (tertiary/aromatic N) is 1. The molecule has 3 rings (SSSR count). The molecule has 23 heteroatoms. The first-order chi connectivity index (χ1) is 16.7. The van der Waals surface area contributed by atoms with E-state index in [1.54, 1.807) is 0 Å². The number of H-pyrrole nitrogens is 1. The molecule has 2 saturated heterocycles. The number of phosphoric acid groups is 2. The maximum absolute atomic E-state index is 12.0. The van der Waals surface area contributed by atoms with Crippen molar-refractivity contribution < 1.29 is 132 Å². The van der Waals surface area contributed by atoms with Crippen LogP contribution in [0.3, 0.4) is 0 Å². The Labute approximate surface area is 256 Å². The molecule has 0 spiro atoms. The van der Waals surface area contributed by atoms with Crippen LogP contribution in [-0.2, 0) is 32.0 Å². The number of hydrogen-bond donors (Lipinski definition) is 7. The van der Waals surface area contributed by atoms with Crippen molar-refractivity contribution in [2.45, 2.75) is 55.2 Å². The minimum Gasteiger partial charge on any atom is -0.756 e. The molecule has 1 aromatic rings. The second-order valence-corrected chi connectivity index (χ2v) is 10.5. The van der Waals surface area contributed by atoms with E-state index in [1.807, 2.05) is 4.98 Å². The number of hydrogen-bond acceptors (Lipinski definition) is 17. The molecule has 206 valence electrons. The van der Waals surface area contributed by atoms with Crippen molar-refractivity contribution in [1.82, 2.24) is 9.55 Å². The normalized spacial score (nSPS) is 36.4. The molecule has 2 aliphatic rings. The van der Waals surface area contributed by atoms with Gasteiger partial charge in [-0.3, -0.25) is 28.0 Å². The van der Waals surface area contributed by atoms with E-state index >= 15 is 0 Å². The van der Waals surface area contributed by atoms with E-state index in [-0.39, 0.29) is 59.1 Å². The van der Waals surface area contributed by atoms with E-state index in [0.717, 1.165) is 12.3 Å². The van der Waals surface area contributed by atoms with Crippen molar-refractivity contribution in [2.24, 2.45) is 0 Å². The molecule has 0 radical (unpaired) electrons. The van der Waals surface area contributed by atoms with Gasteiger partial charge in [0.15, 0.2) is 12.5 Å². The Hall–Kier alpha value is 0.620. The van der Waals surface area contributed by atoms with Crippen LogP contribution < -0.4 is 80.2 Å². The van der Waals surface area contributed by atoms with Crippen LogP contribution >= 0.6 is 15.6 Å². The van der Waals surface area contributed by atoms with E-state index in [0.29, 0.717) is 4.57 Å². The summed E-state index contributed by atoms with van der Waals surface area (Å²) >= 11 is 0. The molecular weight excluding hydrogens is 588 g/mol. The van der Waals surface area contributed by atoms with Crippen LogP contribution in [0.1, 0.15) is 6.23 Å². The first kappa shape index (κ1) is 36.6. The molecule has 7 N–H and O–H groups in total. The molecule has 1 aromatic heterocycles. The van der Waals surface area contributed by atoms with Gasteiger partial charge in [-0.15, -0.1) is 0 Å². The van der Waals surface area contributed by atoms with E-state index in [2.05, 4.69) is 13.4 Å². The van der Waals surface area contributed by atoms with Gasteiger partial charge < -0.3 is 54.4 Å². The molecule has 2 fully saturated rings. The number of ether oxygens (including phenoxy) is 2. The Morgan fingerprint density at radius 2 is 1.53 bits per heavy atom. The molecule has 2 unspecified atom stereocenters. The average Bonchev–Trinajstić information content (AvgIpc) is 3.06. The van der Waals surface area contributed by atoms with Crippen LogP contribution in [0.5, 0.6) is 0 Å². The molecule has 38 heavy (non-hydrogen) atoms. The van der Waals surface area contributed by atoms with Crippen LogP contribution in [0.2, 0.25) is 0 Å². The predicted octanol–water partition coefficient (Wildman–Crippen LogP) is -12.0. The van der Waals surface area contributed by atoms with E-state index in [9.17, 15) is 54.0 Å². The molecule has 0 aromatic carbocycles. The number of aliphatic hydroxyl groups is 6. The largest absolute Gasteiger partial charge is 1.00 e. The van der Waals surface area contributed by atoms with Crippen LogP contribution in [0.4, 0.5) is 0 Å². The Morgan fingerprint density at radius 3 is 2.11 bits per heavy atom. The van der Waals surface area contributed by atoms with Crippen molar-refractivity contribution in [3.8, 4) is 0 Å². The number of aliphatic hydroxyl groups excluding tert-OH is 6. The number of phosphoric ester groups is 2. The zero-order valence-corrected chi connectivity index (χ0v) is 25.6. The zero-order chi connectivity index (χ0) is 27.0. The number of aromatic nitrogens is 2. The summed E-state index contributed by atoms with van der Waals surface area (Å²) in [4.78, 5) is 48.9. The zero-order valence-electron chi connectivity index (χ0n) is 19.8. The molecule has 11 atom stereocenters. The average molecular weight is 610 g/mol. The Kier molecular flexibility index (Phi) is 14.2. The summed E-state index contributed by atoms with van der Waals surface area (Å²) in [7, 11) is -11.7. The predicted molar refractivity (Wildman–Crippen MR) is 104 cm³/mol. The first-order valence-corrected chi connectivity index (χ1v) is 12.9. The van der Waals surface area contributed by atoms with E-state index in [4.69, 9.17) is 14.6 Å². The minimum atomic E-state index is -5.90. The second kappa shape index (κ2) is 14.7. The van der Waals surface area contributed by atoms with Gasteiger partial charge in [0.2, 0.25) is 0 Å². The molecular formula is C15H22N2Na2O17P2. The Morgan fingerprint density at radius 1 is 0.921 bits per heavy atom. The maximum atomic E-state index is 12.0. The van der Waals surface area contributed by atoms with Crippen molar-refractivity contribution in [3.05, 3.63) is 33.1 Å². The second-order valence-electron chi connectivity index (χ2n) is 7.64. The summed E-state index contributed by atoms with van der Waals surface area (Å²) in [5.41, 5.74) is -1.78. The topological polar surface area (TPSA) is 303 Å². The summed E-state index contributed by atoms with van der Waals surface area (Å²) in [6, 6.07) is 0.911. The smallest absolute Gasteiger partial charge is 0.756 e. The monoisotopic (exact) mass is 610 g/mol. The van der Waals surface area contributed by atoms with E-state index in [1.165, 1.54) is 0 Å². The van der Waals surface area contributed by atoms with Gasteiger partial charge in [-0.25, -0.2) is 9.11 Å². The van der Waals surface area contributed by atoms with Crippen LogP contribution in [0.15, 0.2) is 21.9 Å². The Bertz CT molecular complexity index is 1140. The number of nitrogens with one attached hydrogen (secondary N) is 1. The van der Waals surface area contributed by atoms with E-state index < -0.39 is 95.4 Å². The van der Waals surface area contributed by atoms with Gasteiger partial charge in [-0.2, -0.15) is 0 Å². The first-order valence-electron chi connectivity index (χ1n) is 9.96. The van der Waals surface area contributed by atoms with Gasteiger partial charge in [-0.1, -0.05) is 0 Å². The van der Waals surface area contributed by atoms with Gasteiger partial charge >= 0.3 is 64.8 Å². The number of rotatable bonds is 9. The van der Waals surface area contributed by atoms with Crippen molar-refractivity contribution in [2.75, 3.05) is 13.2 Å². The van der Waals surface area contributed by atoms with Gasteiger partial charge in [-0.05, 0) is 0 Å². The summed E-state index contributed by atoms with van der Waals surface area (Å²) in [6.45, 7) is -2.05. The van der Waals surface area contributed by atoms with Crippen molar-refractivity contribution in [3.63, 3.8) is 0 Å². The van der Waals surface area contributed by atoms with Crippen molar-refractivity contribution >= 4 is 15.6 Å². The number of aromatic amines is 1.